The van der Waals surface area contributed by atoms with E-state index >= 15 is 0 Å². The van der Waals surface area contributed by atoms with Gasteiger partial charge < -0.3 is 14.3 Å². The molecule has 1 unspecified atom stereocenters. The molecular weight excluding hydrogens is 449 g/mol. The molecule has 0 saturated carbocycles. The first kappa shape index (κ1) is 22.6. The van der Waals surface area contributed by atoms with Crippen LogP contribution in [0.25, 0.3) is 5.76 Å². The van der Waals surface area contributed by atoms with E-state index in [1.807, 2.05) is 6.92 Å². The average molecular weight is 470 g/mol. The fourth-order valence-corrected chi connectivity index (χ4v) is 3.86. The molecule has 0 bridgehead atoms. The quantitative estimate of drug-likeness (QED) is 0.280. The lowest BCUT2D eigenvalue weighted by Crippen LogP contribution is -2.29. The van der Waals surface area contributed by atoms with E-state index in [1.54, 1.807) is 43.3 Å². The molecule has 1 aliphatic rings. The fraction of sp³-hybridized carbons (Fsp3) is 0.200. The fourth-order valence-electron chi connectivity index (χ4n) is 3.69. The van der Waals surface area contributed by atoms with Crippen molar-refractivity contribution in [1.29, 1.82) is 0 Å². The van der Waals surface area contributed by atoms with Gasteiger partial charge in [0.05, 0.1) is 17.2 Å². The second-order valence-corrected chi connectivity index (χ2v) is 8.00. The van der Waals surface area contributed by atoms with Crippen molar-refractivity contribution in [3.63, 3.8) is 0 Å². The molecule has 6 nitrogen and oxygen atoms in total. The summed E-state index contributed by atoms with van der Waals surface area (Å²) in [5, 5.41) is 10.9. The van der Waals surface area contributed by atoms with Crippen molar-refractivity contribution in [2.75, 3.05) is 11.5 Å². The second-order valence-electron chi connectivity index (χ2n) is 7.59. The summed E-state index contributed by atoms with van der Waals surface area (Å²) in [5.74, 6) is -1.34. The molecule has 0 radical (unpaired) electrons. The minimum atomic E-state index is -1.06. The minimum absolute atomic E-state index is 0.142. The van der Waals surface area contributed by atoms with E-state index in [0.29, 0.717) is 23.7 Å². The number of furan rings is 1. The van der Waals surface area contributed by atoms with Crippen LogP contribution < -0.4 is 9.64 Å². The molecule has 0 spiro atoms. The van der Waals surface area contributed by atoms with Crippen LogP contribution in [0.2, 0.25) is 5.02 Å². The Hall–Kier alpha value is -3.58. The number of halogens is 2. The molecule has 1 aliphatic heterocycles. The number of carbonyl (C=O) groups is 2. The van der Waals surface area contributed by atoms with Crippen LogP contribution in [-0.2, 0) is 9.59 Å². The largest absolute Gasteiger partial charge is 0.507 e. The summed E-state index contributed by atoms with van der Waals surface area (Å²) in [6.07, 6.45) is 0.848. The highest BCUT2D eigenvalue weighted by Crippen LogP contribution is 2.43. The third-order valence-electron chi connectivity index (χ3n) is 5.26. The molecule has 33 heavy (non-hydrogen) atoms. The molecule has 8 heteroatoms. The van der Waals surface area contributed by atoms with Gasteiger partial charge in [0.2, 0.25) is 0 Å². The van der Waals surface area contributed by atoms with E-state index in [9.17, 15) is 19.1 Å². The van der Waals surface area contributed by atoms with E-state index in [4.69, 9.17) is 20.8 Å². The van der Waals surface area contributed by atoms with Crippen molar-refractivity contribution in [2.24, 2.45) is 0 Å². The van der Waals surface area contributed by atoms with E-state index < -0.39 is 23.5 Å². The number of amides is 1. The lowest BCUT2D eigenvalue weighted by molar-refractivity contribution is -0.132. The number of ketones is 1. The highest BCUT2D eigenvalue weighted by molar-refractivity contribution is 6.51. The van der Waals surface area contributed by atoms with Gasteiger partial charge in [-0.05, 0) is 67.9 Å². The van der Waals surface area contributed by atoms with E-state index in [-0.39, 0.29) is 27.8 Å². The Balaban J connectivity index is 1.84. The maximum absolute atomic E-state index is 13.7. The van der Waals surface area contributed by atoms with Crippen LogP contribution in [-0.4, -0.2) is 23.4 Å². The van der Waals surface area contributed by atoms with Gasteiger partial charge in [-0.1, -0.05) is 18.5 Å². The average Bonchev–Trinajstić information content (AvgIpc) is 3.35. The van der Waals surface area contributed by atoms with Crippen molar-refractivity contribution in [1.82, 2.24) is 0 Å². The van der Waals surface area contributed by atoms with Gasteiger partial charge in [0.1, 0.15) is 34.9 Å². The zero-order chi connectivity index (χ0) is 23.7. The van der Waals surface area contributed by atoms with Gasteiger partial charge in [0.25, 0.3) is 11.7 Å². The lowest BCUT2D eigenvalue weighted by atomic mass is 9.99. The van der Waals surface area contributed by atoms with Crippen molar-refractivity contribution in [3.8, 4) is 5.75 Å². The number of Topliss-reactive ketones (excluding diaryl/α,β-unsaturated/α-hetero) is 1. The van der Waals surface area contributed by atoms with Crippen molar-refractivity contribution in [3.05, 3.63) is 88.1 Å². The second kappa shape index (κ2) is 9.11. The van der Waals surface area contributed by atoms with Crippen molar-refractivity contribution in [2.45, 2.75) is 26.3 Å². The number of ether oxygens (including phenoxy) is 1. The van der Waals surface area contributed by atoms with E-state index in [2.05, 4.69) is 0 Å². The molecule has 1 fully saturated rings. The van der Waals surface area contributed by atoms with Crippen LogP contribution in [0.4, 0.5) is 10.1 Å². The van der Waals surface area contributed by atoms with Crippen molar-refractivity contribution >= 4 is 34.7 Å². The zero-order valence-electron chi connectivity index (χ0n) is 18.0. The Morgan fingerprint density at radius 3 is 2.48 bits per heavy atom. The molecule has 1 saturated heterocycles. The maximum atomic E-state index is 13.7. The number of rotatable bonds is 6. The first-order valence-electron chi connectivity index (χ1n) is 10.4. The van der Waals surface area contributed by atoms with Gasteiger partial charge in [-0.15, -0.1) is 0 Å². The number of nitrogens with zero attached hydrogens (tertiary/aromatic N) is 1. The van der Waals surface area contributed by atoms with Gasteiger partial charge >= 0.3 is 0 Å². The van der Waals surface area contributed by atoms with Crippen LogP contribution >= 0.6 is 11.6 Å². The summed E-state index contributed by atoms with van der Waals surface area (Å²) in [5.41, 5.74) is 0.393. The molecule has 3 aromatic rings. The van der Waals surface area contributed by atoms with Crippen molar-refractivity contribution < 1.29 is 28.2 Å². The summed E-state index contributed by atoms with van der Waals surface area (Å²) in [6.45, 7) is 4.26. The first-order valence-corrected chi connectivity index (χ1v) is 10.7. The Labute approximate surface area is 194 Å². The number of aryl methyl sites for hydroxylation is 1. The molecule has 0 aliphatic carbocycles. The van der Waals surface area contributed by atoms with Crippen LogP contribution in [0.1, 0.15) is 36.5 Å². The molecule has 1 atom stereocenters. The first-order chi connectivity index (χ1) is 15.8. The number of aliphatic hydroxyl groups excluding tert-OH is 1. The van der Waals surface area contributed by atoms with Gasteiger partial charge in [-0.25, -0.2) is 4.39 Å². The maximum Gasteiger partial charge on any atom is 0.300 e. The number of anilines is 1. The SMILES string of the molecule is CCCOc1ccc(/C(O)=C2/C(=O)C(=O)N(c3ccc(F)c(Cl)c3)C2c2ccc(C)o2)cc1. The molecule has 170 valence electrons. The zero-order valence-corrected chi connectivity index (χ0v) is 18.7. The predicted octanol–water partition coefficient (Wildman–Crippen LogP) is 5.80. The van der Waals surface area contributed by atoms with Gasteiger partial charge in [-0.3, -0.25) is 14.5 Å². The normalized spacial score (nSPS) is 17.6. The molecule has 1 amide bonds. The molecular formula is C25H21ClFNO5. The smallest absolute Gasteiger partial charge is 0.300 e. The van der Waals surface area contributed by atoms with E-state index in [0.717, 1.165) is 17.4 Å². The Morgan fingerprint density at radius 1 is 1.15 bits per heavy atom. The topological polar surface area (TPSA) is 80.0 Å². The summed E-state index contributed by atoms with van der Waals surface area (Å²) in [4.78, 5) is 27.3. The van der Waals surface area contributed by atoms with Gasteiger partial charge in [-0.2, -0.15) is 0 Å². The number of hydrogen-bond donors (Lipinski definition) is 1. The van der Waals surface area contributed by atoms with Crippen LogP contribution in [0.15, 0.2) is 64.6 Å². The summed E-state index contributed by atoms with van der Waals surface area (Å²) in [7, 11) is 0. The number of carbonyl (C=O) groups excluding carboxylic acids is 2. The van der Waals surface area contributed by atoms with Crippen LogP contribution in [0.3, 0.4) is 0 Å². The Kier molecular flexibility index (Phi) is 6.24. The molecule has 2 heterocycles. The number of benzene rings is 2. The van der Waals surface area contributed by atoms with E-state index in [1.165, 1.54) is 12.1 Å². The molecule has 1 aromatic heterocycles. The van der Waals surface area contributed by atoms with Gasteiger partial charge in [0.15, 0.2) is 0 Å². The lowest BCUT2D eigenvalue weighted by Gasteiger charge is -2.23. The summed E-state index contributed by atoms with van der Waals surface area (Å²) in [6, 6.07) is 12.5. The Bertz CT molecular complexity index is 1250. The predicted molar refractivity (Wildman–Crippen MR) is 122 cm³/mol. The third kappa shape index (κ3) is 4.24. The third-order valence-corrected chi connectivity index (χ3v) is 5.55. The highest BCUT2D eigenvalue weighted by Gasteiger charge is 2.48. The Morgan fingerprint density at radius 2 is 1.88 bits per heavy atom. The standard InChI is InChI=1S/C25H21ClFNO5/c1-3-12-32-17-8-5-15(6-9-17)23(29)21-22(20-11-4-14(2)33-20)28(25(31)24(21)30)16-7-10-19(27)18(26)13-16/h4-11,13,22,29H,3,12H2,1-2H3/b23-21-. The monoisotopic (exact) mass is 469 g/mol. The van der Waals surface area contributed by atoms with Gasteiger partial charge in [0, 0.05) is 11.3 Å². The molecule has 1 N–H and O–H groups in total. The summed E-state index contributed by atoms with van der Waals surface area (Å²) >= 11 is 5.93. The number of aliphatic hydroxyl groups is 1. The minimum Gasteiger partial charge on any atom is -0.507 e. The van der Waals surface area contributed by atoms with Crippen LogP contribution in [0, 0.1) is 12.7 Å². The molecule has 4 rings (SSSR count). The van der Waals surface area contributed by atoms with Crippen LogP contribution in [0.5, 0.6) is 5.75 Å². The number of hydrogen-bond acceptors (Lipinski definition) is 5. The summed E-state index contributed by atoms with van der Waals surface area (Å²) < 4.78 is 25.0. The molecule has 2 aromatic carbocycles. The highest BCUT2D eigenvalue weighted by atomic mass is 35.5.